The molecular weight excluding hydrogens is 479 g/mol. The summed E-state index contributed by atoms with van der Waals surface area (Å²) in [7, 11) is -3.84. The maximum atomic E-state index is 13.0. The molecule has 0 aliphatic carbocycles. The molecule has 160 valence electrons. The van der Waals surface area contributed by atoms with Crippen LogP contribution in [-0.4, -0.2) is 20.9 Å². The summed E-state index contributed by atoms with van der Waals surface area (Å²) in [6, 6.07) is 16.0. The second-order valence-corrected chi connectivity index (χ2v) is 10.0. The minimum Gasteiger partial charge on any atom is -0.308 e. The van der Waals surface area contributed by atoms with E-state index in [1.165, 1.54) is 24.3 Å². The number of carbonyl (C=O) groups excluding carboxylic acids is 1. The van der Waals surface area contributed by atoms with E-state index in [4.69, 9.17) is 34.8 Å². The van der Waals surface area contributed by atoms with Crippen molar-refractivity contribution in [3.05, 3.63) is 86.9 Å². The van der Waals surface area contributed by atoms with Crippen LogP contribution < -0.4 is 9.62 Å². The molecule has 5 nitrogen and oxygen atoms in total. The molecule has 0 fully saturated rings. The summed E-state index contributed by atoms with van der Waals surface area (Å²) < 4.78 is 28.3. The molecule has 0 radical (unpaired) electrons. The number of aryl methyl sites for hydroxylation is 1. The number of carbonyl (C=O) groups is 1. The molecule has 3 aromatic rings. The summed E-state index contributed by atoms with van der Waals surface area (Å²) >= 11 is 17.8. The predicted octanol–water partition coefficient (Wildman–Crippen LogP) is 6.04. The third kappa shape index (κ3) is 4.67. The zero-order valence-corrected chi connectivity index (χ0v) is 19.2. The van der Waals surface area contributed by atoms with E-state index in [1.54, 1.807) is 41.3 Å². The molecular formula is C22H17Cl3N2O3S. The molecule has 0 spiro atoms. The van der Waals surface area contributed by atoms with Crippen molar-refractivity contribution in [3.63, 3.8) is 0 Å². The first-order chi connectivity index (χ1) is 14.7. The molecule has 9 heteroatoms. The summed E-state index contributed by atoms with van der Waals surface area (Å²) in [4.78, 5) is 14.8. The number of benzene rings is 3. The topological polar surface area (TPSA) is 66.5 Å². The van der Waals surface area contributed by atoms with Crippen LogP contribution in [-0.2, 0) is 16.4 Å². The molecule has 1 aliphatic heterocycles. The highest BCUT2D eigenvalue weighted by atomic mass is 35.5. The summed E-state index contributed by atoms with van der Waals surface area (Å²) in [5.41, 5.74) is 2.34. The third-order valence-electron chi connectivity index (χ3n) is 4.99. The van der Waals surface area contributed by atoms with Crippen LogP contribution in [0.1, 0.15) is 22.3 Å². The fraction of sp³-hybridized carbons (Fsp3) is 0.136. The number of nitrogens with zero attached hydrogens (tertiary/aromatic N) is 1. The lowest BCUT2D eigenvalue weighted by Gasteiger charge is -2.30. The Kier molecular flexibility index (Phi) is 6.17. The second-order valence-electron chi connectivity index (χ2n) is 7.09. The Balaban J connectivity index is 1.62. The van der Waals surface area contributed by atoms with Crippen molar-refractivity contribution in [2.24, 2.45) is 0 Å². The average Bonchev–Trinajstić information content (AvgIpc) is 2.75. The predicted molar refractivity (Wildman–Crippen MR) is 125 cm³/mol. The van der Waals surface area contributed by atoms with Crippen molar-refractivity contribution in [2.75, 3.05) is 16.2 Å². The molecule has 0 atom stereocenters. The van der Waals surface area contributed by atoms with Gasteiger partial charge >= 0.3 is 0 Å². The van der Waals surface area contributed by atoms with Gasteiger partial charge in [-0.3, -0.25) is 9.52 Å². The van der Waals surface area contributed by atoms with Crippen LogP contribution in [0.3, 0.4) is 0 Å². The standard InChI is InChI=1S/C22H17Cl3N2O3S/c23-16-5-3-14(4-6-16)22(28)27-11-1-2-15-12-18(8-10-21(15)27)31(29,30)26-17-7-9-19(24)20(25)13-17/h3-10,12-13,26H,1-2,11H2. The minimum atomic E-state index is -3.84. The van der Waals surface area contributed by atoms with Crippen LogP contribution in [0.15, 0.2) is 65.6 Å². The van der Waals surface area contributed by atoms with Gasteiger partial charge in [0.15, 0.2) is 0 Å². The Hall–Kier alpha value is -2.25. The Labute approximate surface area is 195 Å². The van der Waals surface area contributed by atoms with Crippen LogP contribution in [0.2, 0.25) is 15.1 Å². The monoisotopic (exact) mass is 494 g/mol. The van der Waals surface area contributed by atoms with Crippen LogP contribution in [0.5, 0.6) is 0 Å². The molecule has 1 heterocycles. The lowest BCUT2D eigenvalue weighted by atomic mass is 10.0. The van der Waals surface area contributed by atoms with Crippen molar-refractivity contribution in [1.82, 2.24) is 0 Å². The van der Waals surface area contributed by atoms with Crippen LogP contribution in [0.25, 0.3) is 0 Å². The molecule has 31 heavy (non-hydrogen) atoms. The Morgan fingerprint density at radius 2 is 1.65 bits per heavy atom. The van der Waals surface area contributed by atoms with E-state index in [0.717, 1.165) is 12.0 Å². The molecule has 3 aromatic carbocycles. The van der Waals surface area contributed by atoms with Gasteiger partial charge in [0.2, 0.25) is 0 Å². The van der Waals surface area contributed by atoms with Crippen molar-refractivity contribution in [2.45, 2.75) is 17.7 Å². The molecule has 0 bridgehead atoms. The van der Waals surface area contributed by atoms with Crippen molar-refractivity contribution in [3.8, 4) is 0 Å². The molecule has 0 aromatic heterocycles. The highest BCUT2D eigenvalue weighted by molar-refractivity contribution is 7.92. The highest BCUT2D eigenvalue weighted by Crippen LogP contribution is 2.32. The number of fused-ring (bicyclic) bond motifs is 1. The fourth-order valence-corrected chi connectivity index (χ4v) is 5.00. The first-order valence-electron chi connectivity index (χ1n) is 9.43. The number of sulfonamides is 1. The van der Waals surface area contributed by atoms with E-state index in [-0.39, 0.29) is 15.8 Å². The fourth-order valence-electron chi connectivity index (χ4n) is 3.47. The normalized spacial score (nSPS) is 13.6. The van der Waals surface area contributed by atoms with Crippen LogP contribution in [0.4, 0.5) is 11.4 Å². The van der Waals surface area contributed by atoms with Gasteiger partial charge in [-0.15, -0.1) is 0 Å². The number of amides is 1. The first-order valence-corrected chi connectivity index (χ1v) is 12.0. The minimum absolute atomic E-state index is 0.109. The SMILES string of the molecule is O=C(c1ccc(Cl)cc1)N1CCCc2cc(S(=O)(=O)Nc3ccc(Cl)c(Cl)c3)ccc21. The van der Waals surface area contributed by atoms with Crippen molar-refractivity contribution >= 4 is 62.1 Å². The quantitative estimate of drug-likeness (QED) is 0.480. The van der Waals surface area contributed by atoms with E-state index in [9.17, 15) is 13.2 Å². The molecule has 1 aliphatic rings. The van der Waals surface area contributed by atoms with E-state index in [1.807, 2.05) is 0 Å². The van der Waals surface area contributed by atoms with E-state index in [0.29, 0.717) is 39.9 Å². The van der Waals surface area contributed by atoms with Gasteiger partial charge in [-0.25, -0.2) is 8.42 Å². The smallest absolute Gasteiger partial charge is 0.261 e. The largest absolute Gasteiger partial charge is 0.308 e. The van der Waals surface area contributed by atoms with E-state index < -0.39 is 10.0 Å². The summed E-state index contributed by atoms with van der Waals surface area (Å²) in [6.07, 6.45) is 1.41. The van der Waals surface area contributed by atoms with Crippen LogP contribution in [0, 0.1) is 0 Å². The Morgan fingerprint density at radius 1 is 0.903 bits per heavy atom. The van der Waals surface area contributed by atoms with Gasteiger partial charge in [-0.05, 0) is 79.1 Å². The summed E-state index contributed by atoms with van der Waals surface area (Å²) in [6.45, 7) is 0.558. The summed E-state index contributed by atoms with van der Waals surface area (Å²) in [5, 5.41) is 1.15. The number of rotatable bonds is 4. The molecule has 4 rings (SSSR count). The summed E-state index contributed by atoms with van der Waals surface area (Å²) in [5.74, 6) is -0.151. The van der Waals surface area contributed by atoms with Gasteiger partial charge in [0.05, 0.1) is 20.6 Å². The molecule has 0 unspecified atom stereocenters. The number of anilines is 2. The molecule has 1 N–H and O–H groups in total. The zero-order valence-electron chi connectivity index (χ0n) is 16.1. The highest BCUT2D eigenvalue weighted by Gasteiger charge is 2.26. The molecule has 1 amide bonds. The Morgan fingerprint density at radius 3 is 2.35 bits per heavy atom. The lowest BCUT2D eigenvalue weighted by Crippen LogP contribution is -2.35. The van der Waals surface area contributed by atoms with E-state index >= 15 is 0 Å². The maximum Gasteiger partial charge on any atom is 0.261 e. The van der Waals surface area contributed by atoms with Gasteiger partial charge < -0.3 is 4.90 Å². The van der Waals surface area contributed by atoms with Gasteiger partial charge in [-0.1, -0.05) is 34.8 Å². The van der Waals surface area contributed by atoms with Crippen molar-refractivity contribution in [1.29, 1.82) is 0 Å². The third-order valence-corrected chi connectivity index (χ3v) is 7.36. The first kappa shape index (κ1) is 22.0. The molecule has 0 saturated carbocycles. The maximum absolute atomic E-state index is 13.0. The number of hydrogen-bond acceptors (Lipinski definition) is 3. The number of nitrogens with one attached hydrogen (secondary N) is 1. The van der Waals surface area contributed by atoms with Crippen LogP contribution >= 0.6 is 34.8 Å². The lowest BCUT2D eigenvalue weighted by molar-refractivity contribution is 0.0985. The van der Waals surface area contributed by atoms with E-state index in [2.05, 4.69) is 4.72 Å². The Bertz CT molecular complexity index is 1260. The number of halogens is 3. The van der Waals surface area contributed by atoms with Crippen molar-refractivity contribution < 1.29 is 13.2 Å². The van der Waals surface area contributed by atoms with Gasteiger partial charge in [0, 0.05) is 22.8 Å². The molecule has 0 saturated heterocycles. The zero-order chi connectivity index (χ0) is 22.2. The van der Waals surface area contributed by atoms with Gasteiger partial charge in [-0.2, -0.15) is 0 Å². The average molecular weight is 496 g/mol. The van der Waals surface area contributed by atoms with Gasteiger partial charge in [0.25, 0.3) is 15.9 Å². The van der Waals surface area contributed by atoms with Gasteiger partial charge in [0.1, 0.15) is 0 Å². The second kappa shape index (κ2) is 8.71. The number of hydrogen-bond donors (Lipinski definition) is 1.